The zero-order valence-corrected chi connectivity index (χ0v) is 11.7. The van der Waals surface area contributed by atoms with Gasteiger partial charge < -0.3 is 0 Å². The van der Waals surface area contributed by atoms with E-state index in [1.165, 1.54) is 11.8 Å². The van der Waals surface area contributed by atoms with Crippen LogP contribution in [0.4, 0.5) is 5.69 Å². The van der Waals surface area contributed by atoms with Crippen molar-refractivity contribution in [3.8, 4) is 6.19 Å². The fourth-order valence-corrected chi connectivity index (χ4v) is 1.91. The molecule has 5 heteroatoms. The highest BCUT2D eigenvalue weighted by Crippen LogP contribution is 2.30. The van der Waals surface area contributed by atoms with Crippen molar-refractivity contribution in [2.24, 2.45) is 4.99 Å². The molecular weight excluding hydrogens is 286 g/mol. The first-order chi connectivity index (χ1) is 7.60. The Morgan fingerprint density at radius 3 is 2.75 bits per heavy atom. The van der Waals surface area contributed by atoms with E-state index < -0.39 is 0 Å². The van der Waals surface area contributed by atoms with E-state index >= 15 is 0 Å². The summed E-state index contributed by atoms with van der Waals surface area (Å²) in [7, 11) is 0. The number of nitriles is 1. The van der Waals surface area contributed by atoms with Crippen molar-refractivity contribution in [1.82, 2.24) is 5.32 Å². The minimum atomic E-state index is 0.604. The molecule has 0 amide bonds. The average molecular weight is 298 g/mol. The molecule has 0 spiro atoms. The second-order valence-corrected chi connectivity index (χ2v) is 4.85. The number of hydrogen-bond donors (Lipinski definition) is 1. The Hall–Kier alpha value is -0.990. The highest BCUT2D eigenvalue weighted by molar-refractivity contribution is 9.10. The quantitative estimate of drug-likeness (QED) is 0.374. The number of aryl methyl sites for hydroxylation is 1. The van der Waals surface area contributed by atoms with Crippen LogP contribution in [0.1, 0.15) is 11.1 Å². The molecule has 0 heterocycles. The largest absolute Gasteiger partial charge is 0.271 e. The van der Waals surface area contributed by atoms with Crippen LogP contribution in [-0.4, -0.2) is 11.4 Å². The summed E-state index contributed by atoms with van der Waals surface area (Å²) < 4.78 is 1.02. The SMILES string of the molecule is CSC(=Nc1c(C)ccc(Br)c1C)NC#N. The zero-order valence-electron chi connectivity index (χ0n) is 9.34. The van der Waals surface area contributed by atoms with Crippen LogP contribution in [0.2, 0.25) is 0 Å². The Bertz CT molecular complexity index is 463. The molecule has 0 atom stereocenters. The highest BCUT2D eigenvalue weighted by Gasteiger charge is 2.06. The average Bonchev–Trinajstić information content (AvgIpc) is 2.28. The number of halogens is 1. The highest BCUT2D eigenvalue weighted by atomic mass is 79.9. The van der Waals surface area contributed by atoms with E-state index in [4.69, 9.17) is 5.26 Å². The Morgan fingerprint density at radius 2 is 2.19 bits per heavy atom. The van der Waals surface area contributed by atoms with Gasteiger partial charge >= 0.3 is 0 Å². The summed E-state index contributed by atoms with van der Waals surface area (Å²) in [6.45, 7) is 4.00. The molecule has 0 bridgehead atoms. The van der Waals surface area contributed by atoms with E-state index in [1.807, 2.05) is 38.4 Å². The van der Waals surface area contributed by atoms with Crippen molar-refractivity contribution in [3.05, 3.63) is 27.7 Å². The number of nitrogens with one attached hydrogen (secondary N) is 1. The first-order valence-corrected chi connectivity index (χ1v) is 6.65. The Labute approximate surface area is 108 Å². The van der Waals surface area contributed by atoms with E-state index in [2.05, 4.69) is 26.2 Å². The maximum Gasteiger partial charge on any atom is 0.183 e. The Balaban J connectivity index is 3.23. The molecule has 16 heavy (non-hydrogen) atoms. The lowest BCUT2D eigenvalue weighted by Crippen LogP contribution is -2.12. The molecule has 1 aromatic carbocycles. The van der Waals surface area contributed by atoms with Crippen LogP contribution in [-0.2, 0) is 0 Å². The molecule has 0 radical (unpaired) electrons. The normalized spacial score (nSPS) is 11.1. The van der Waals surface area contributed by atoms with E-state index in [0.717, 1.165) is 21.3 Å². The van der Waals surface area contributed by atoms with Gasteiger partial charge in [0.1, 0.15) is 0 Å². The monoisotopic (exact) mass is 297 g/mol. The predicted molar refractivity (Wildman–Crippen MR) is 73.0 cm³/mol. The first-order valence-electron chi connectivity index (χ1n) is 4.63. The first kappa shape index (κ1) is 13.1. The van der Waals surface area contributed by atoms with Crippen LogP contribution in [0.15, 0.2) is 21.6 Å². The molecular formula is C11H12BrN3S. The lowest BCUT2D eigenvalue weighted by atomic mass is 10.1. The third-order valence-corrected chi connectivity index (χ3v) is 3.58. The predicted octanol–water partition coefficient (Wildman–Crippen LogP) is 3.49. The smallest absolute Gasteiger partial charge is 0.183 e. The van der Waals surface area contributed by atoms with Gasteiger partial charge in [0, 0.05) is 4.47 Å². The minimum absolute atomic E-state index is 0.604. The second kappa shape index (κ2) is 5.92. The molecule has 1 aromatic rings. The zero-order chi connectivity index (χ0) is 12.1. The topological polar surface area (TPSA) is 48.2 Å². The van der Waals surface area contributed by atoms with Crippen LogP contribution in [0.5, 0.6) is 0 Å². The summed E-state index contributed by atoms with van der Waals surface area (Å²) in [4.78, 5) is 4.44. The second-order valence-electron chi connectivity index (χ2n) is 3.20. The van der Waals surface area contributed by atoms with Crippen LogP contribution >= 0.6 is 27.7 Å². The van der Waals surface area contributed by atoms with Crippen molar-refractivity contribution in [2.45, 2.75) is 13.8 Å². The molecule has 0 saturated carbocycles. The lowest BCUT2D eigenvalue weighted by Gasteiger charge is -2.08. The molecule has 84 valence electrons. The molecule has 1 rings (SSSR count). The summed E-state index contributed by atoms with van der Waals surface area (Å²) in [6.07, 6.45) is 3.76. The fraction of sp³-hybridized carbons (Fsp3) is 0.273. The van der Waals surface area contributed by atoms with Crippen LogP contribution in [0.3, 0.4) is 0 Å². The van der Waals surface area contributed by atoms with Gasteiger partial charge in [0.15, 0.2) is 11.4 Å². The number of benzene rings is 1. The molecule has 0 aromatic heterocycles. The van der Waals surface area contributed by atoms with Crippen molar-refractivity contribution in [3.63, 3.8) is 0 Å². The molecule has 3 nitrogen and oxygen atoms in total. The number of hydrogen-bond acceptors (Lipinski definition) is 3. The van der Waals surface area contributed by atoms with E-state index in [-0.39, 0.29) is 0 Å². The van der Waals surface area contributed by atoms with Gasteiger partial charge in [-0.3, -0.25) is 5.32 Å². The molecule has 0 unspecified atom stereocenters. The molecule has 1 N–H and O–H groups in total. The van der Waals surface area contributed by atoms with Gasteiger partial charge in [-0.15, -0.1) is 0 Å². The summed E-state index contributed by atoms with van der Waals surface area (Å²) >= 11 is 4.88. The number of thioether (sulfide) groups is 1. The van der Waals surface area contributed by atoms with Gasteiger partial charge in [0.25, 0.3) is 0 Å². The standard InChI is InChI=1S/C11H12BrN3S/c1-7-4-5-9(12)8(2)10(7)15-11(16-3)14-6-13/h4-5H,1-3H3,(H,14,15). The molecule has 0 fully saturated rings. The Morgan fingerprint density at radius 1 is 1.50 bits per heavy atom. The van der Waals surface area contributed by atoms with Crippen molar-refractivity contribution >= 4 is 38.5 Å². The molecule has 0 aliphatic rings. The Kier molecular flexibility index (Phi) is 4.84. The lowest BCUT2D eigenvalue weighted by molar-refractivity contribution is 1.25. The summed E-state index contributed by atoms with van der Waals surface area (Å²) in [5, 5.41) is 11.7. The minimum Gasteiger partial charge on any atom is -0.271 e. The summed E-state index contributed by atoms with van der Waals surface area (Å²) in [5.41, 5.74) is 3.07. The maximum atomic E-state index is 8.57. The van der Waals surface area contributed by atoms with E-state index in [1.54, 1.807) is 0 Å². The number of amidine groups is 1. The van der Waals surface area contributed by atoms with Crippen LogP contribution in [0, 0.1) is 25.3 Å². The molecule has 0 saturated heterocycles. The van der Waals surface area contributed by atoms with Crippen LogP contribution < -0.4 is 5.32 Å². The van der Waals surface area contributed by atoms with Crippen LogP contribution in [0.25, 0.3) is 0 Å². The van der Waals surface area contributed by atoms with Crippen molar-refractivity contribution in [2.75, 3.05) is 6.26 Å². The number of rotatable bonds is 1. The van der Waals surface area contributed by atoms with Gasteiger partial charge in [-0.05, 0) is 37.3 Å². The number of aliphatic imine (C=N–C) groups is 1. The van der Waals surface area contributed by atoms with Crippen molar-refractivity contribution in [1.29, 1.82) is 5.26 Å². The third-order valence-electron chi connectivity index (χ3n) is 2.14. The van der Waals surface area contributed by atoms with Gasteiger partial charge in [-0.1, -0.05) is 33.8 Å². The number of nitrogens with zero attached hydrogens (tertiary/aromatic N) is 2. The van der Waals surface area contributed by atoms with E-state index in [9.17, 15) is 0 Å². The van der Waals surface area contributed by atoms with Gasteiger partial charge in [0.05, 0.1) is 5.69 Å². The molecule has 0 aliphatic carbocycles. The fourth-order valence-electron chi connectivity index (χ4n) is 1.26. The molecule has 0 aliphatic heterocycles. The van der Waals surface area contributed by atoms with Gasteiger partial charge in [-0.25, -0.2) is 4.99 Å². The van der Waals surface area contributed by atoms with Crippen molar-refractivity contribution < 1.29 is 0 Å². The van der Waals surface area contributed by atoms with Gasteiger partial charge in [0.2, 0.25) is 0 Å². The van der Waals surface area contributed by atoms with E-state index in [0.29, 0.717) is 5.17 Å². The summed E-state index contributed by atoms with van der Waals surface area (Å²) in [5.74, 6) is 0. The summed E-state index contributed by atoms with van der Waals surface area (Å²) in [6, 6.07) is 4.00. The van der Waals surface area contributed by atoms with Gasteiger partial charge in [-0.2, -0.15) is 5.26 Å². The third kappa shape index (κ3) is 3.00. The maximum absolute atomic E-state index is 8.57.